The van der Waals surface area contributed by atoms with Crippen molar-refractivity contribution in [3.05, 3.63) is 40.3 Å². The van der Waals surface area contributed by atoms with E-state index in [1.807, 2.05) is 30.0 Å². The Balaban J connectivity index is 1.59. The summed E-state index contributed by atoms with van der Waals surface area (Å²) in [5, 5.41) is 12.4. The number of nitrogens with zero attached hydrogens (tertiary/aromatic N) is 4. The summed E-state index contributed by atoms with van der Waals surface area (Å²) in [5.41, 5.74) is 1.15. The molecule has 0 spiro atoms. The summed E-state index contributed by atoms with van der Waals surface area (Å²) in [6, 6.07) is 4.70. The molecular weight excluding hydrogens is 340 g/mol. The minimum Gasteiger partial charge on any atom is -0.396 e. The van der Waals surface area contributed by atoms with Crippen molar-refractivity contribution in [2.24, 2.45) is 0 Å². The lowest BCUT2D eigenvalue weighted by Gasteiger charge is -2.41. The van der Waals surface area contributed by atoms with E-state index in [-0.39, 0.29) is 6.61 Å². The topological polar surface area (TPSA) is 52.5 Å². The highest BCUT2D eigenvalue weighted by atomic mass is 32.2. The first-order valence-corrected chi connectivity index (χ1v) is 10.3. The Labute approximate surface area is 151 Å². The van der Waals surface area contributed by atoms with Crippen LogP contribution in [0.4, 0.5) is 0 Å². The quantitative estimate of drug-likeness (QED) is 0.601. The number of hydrogen-bond donors (Lipinski definition) is 1. The molecule has 24 heavy (non-hydrogen) atoms. The lowest BCUT2D eigenvalue weighted by Crippen LogP contribution is -2.52. The molecule has 1 aliphatic rings. The highest BCUT2D eigenvalue weighted by Gasteiger charge is 2.26. The molecule has 0 bridgehead atoms. The minimum atomic E-state index is 0.241. The number of piperazine rings is 1. The maximum absolute atomic E-state index is 9.43. The number of aliphatic hydroxyl groups is 1. The maximum Gasteiger partial charge on any atom is 0.187 e. The second kappa shape index (κ2) is 8.92. The zero-order valence-corrected chi connectivity index (χ0v) is 15.6. The van der Waals surface area contributed by atoms with Crippen LogP contribution in [0, 0.1) is 0 Å². The van der Waals surface area contributed by atoms with E-state index in [4.69, 9.17) is 0 Å². The molecule has 0 saturated carbocycles. The summed E-state index contributed by atoms with van der Waals surface area (Å²) in [6.45, 7) is 5.16. The molecule has 3 heterocycles. The molecule has 1 fully saturated rings. The van der Waals surface area contributed by atoms with Gasteiger partial charge in [-0.05, 0) is 24.1 Å². The van der Waals surface area contributed by atoms with Gasteiger partial charge in [-0.25, -0.2) is 9.97 Å². The summed E-state index contributed by atoms with van der Waals surface area (Å²) >= 11 is 3.37. The van der Waals surface area contributed by atoms with Gasteiger partial charge in [0.15, 0.2) is 5.16 Å². The van der Waals surface area contributed by atoms with Gasteiger partial charge in [-0.15, -0.1) is 11.3 Å². The molecule has 1 aliphatic heterocycles. The van der Waals surface area contributed by atoms with Crippen molar-refractivity contribution in [3.8, 4) is 0 Å². The Morgan fingerprint density at radius 2 is 2.12 bits per heavy atom. The smallest absolute Gasteiger partial charge is 0.187 e. The maximum atomic E-state index is 9.43. The van der Waals surface area contributed by atoms with Crippen LogP contribution in [0.2, 0.25) is 0 Å². The van der Waals surface area contributed by atoms with E-state index in [0.717, 1.165) is 49.9 Å². The predicted molar refractivity (Wildman–Crippen MR) is 99.3 cm³/mol. The van der Waals surface area contributed by atoms with Crippen molar-refractivity contribution in [2.45, 2.75) is 30.7 Å². The van der Waals surface area contributed by atoms with Crippen LogP contribution in [-0.2, 0) is 13.1 Å². The molecular formula is C17H24N4OS2. The molecule has 1 N–H and O–H groups in total. The number of hydrogen-bond acceptors (Lipinski definition) is 7. The van der Waals surface area contributed by atoms with Crippen LogP contribution in [0.15, 0.2) is 35.1 Å². The summed E-state index contributed by atoms with van der Waals surface area (Å²) in [5.74, 6) is 0. The minimum absolute atomic E-state index is 0.241. The van der Waals surface area contributed by atoms with Crippen LogP contribution in [0.3, 0.4) is 0 Å². The first-order valence-electron chi connectivity index (χ1n) is 8.23. The monoisotopic (exact) mass is 364 g/mol. The molecule has 1 saturated heterocycles. The van der Waals surface area contributed by atoms with Gasteiger partial charge in [0.05, 0.1) is 0 Å². The first kappa shape index (κ1) is 17.8. The third-order valence-corrected chi connectivity index (χ3v) is 5.80. The Hall–Kier alpha value is -0.990. The van der Waals surface area contributed by atoms with E-state index in [1.165, 1.54) is 4.88 Å². The van der Waals surface area contributed by atoms with Crippen LogP contribution in [0.25, 0.3) is 0 Å². The van der Waals surface area contributed by atoms with Gasteiger partial charge in [-0.3, -0.25) is 9.80 Å². The average Bonchev–Trinajstić information content (AvgIpc) is 3.11. The molecule has 2 aromatic heterocycles. The van der Waals surface area contributed by atoms with Crippen molar-refractivity contribution in [3.63, 3.8) is 0 Å². The van der Waals surface area contributed by atoms with Crippen LogP contribution in [0.5, 0.6) is 0 Å². The molecule has 0 amide bonds. The fraction of sp³-hybridized carbons (Fsp3) is 0.529. The normalized spacial score (nSPS) is 19.7. The number of aliphatic hydroxyl groups excluding tert-OH is 1. The third-order valence-electron chi connectivity index (χ3n) is 4.36. The van der Waals surface area contributed by atoms with Gasteiger partial charge in [-0.1, -0.05) is 17.8 Å². The number of thiophene rings is 1. The zero-order chi connectivity index (χ0) is 16.8. The zero-order valence-electron chi connectivity index (χ0n) is 14.0. The first-order chi connectivity index (χ1) is 11.8. The molecule has 0 aliphatic carbocycles. The lowest BCUT2D eigenvalue weighted by molar-refractivity contribution is 0.0505. The van der Waals surface area contributed by atoms with Gasteiger partial charge in [0.2, 0.25) is 0 Å². The highest BCUT2D eigenvalue weighted by Crippen LogP contribution is 2.20. The van der Waals surface area contributed by atoms with E-state index in [1.54, 1.807) is 11.8 Å². The standard InChI is InChI=1S/C17H24N4OS2/c1-23-17-18-9-14(10-19-17)11-20-5-6-21(15(12-20)4-7-22)13-16-3-2-8-24-16/h2-3,8-10,15,22H,4-7,11-13H2,1H3/t15-/m0/s1. The summed E-state index contributed by atoms with van der Waals surface area (Å²) in [6.07, 6.45) is 6.67. The van der Waals surface area contributed by atoms with Gasteiger partial charge in [0.1, 0.15) is 0 Å². The number of thioether (sulfide) groups is 1. The Morgan fingerprint density at radius 3 is 2.79 bits per heavy atom. The summed E-state index contributed by atoms with van der Waals surface area (Å²) < 4.78 is 0. The van der Waals surface area contributed by atoms with E-state index >= 15 is 0 Å². The summed E-state index contributed by atoms with van der Waals surface area (Å²) in [4.78, 5) is 15.1. The van der Waals surface area contributed by atoms with E-state index in [0.29, 0.717) is 6.04 Å². The van der Waals surface area contributed by atoms with Crippen molar-refractivity contribution < 1.29 is 5.11 Å². The molecule has 7 heteroatoms. The van der Waals surface area contributed by atoms with Gasteiger partial charge in [0.25, 0.3) is 0 Å². The second-order valence-electron chi connectivity index (χ2n) is 6.03. The van der Waals surface area contributed by atoms with E-state index in [2.05, 4.69) is 37.3 Å². The SMILES string of the molecule is CSc1ncc(CN2CCN(Cc3cccs3)[C@@H](CCO)C2)cn1. The van der Waals surface area contributed by atoms with Gasteiger partial charge in [-0.2, -0.15) is 0 Å². The number of rotatable bonds is 7. The molecule has 0 radical (unpaired) electrons. The fourth-order valence-electron chi connectivity index (χ4n) is 3.12. The van der Waals surface area contributed by atoms with Gasteiger partial charge < -0.3 is 5.11 Å². The second-order valence-corrected chi connectivity index (χ2v) is 7.83. The van der Waals surface area contributed by atoms with Gasteiger partial charge >= 0.3 is 0 Å². The molecule has 1 atom stereocenters. The van der Waals surface area contributed by atoms with Crippen LogP contribution in [0.1, 0.15) is 16.9 Å². The molecule has 0 aromatic carbocycles. The van der Waals surface area contributed by atoms with Crippen molar-refractivity contribution in [1.29, 1.82) is 0 Å². The Bertz CT molecular complexity index is 606. The fourth-order valence-corrected chi connectivity index (χ4v) is 4.17. The van der Waals surface area contributed by atoms with E-state index in [9.17, 15) is 5.11 Å². The Kier molecular flexibility index (Phi) is 6.62. The van der Waals surface area contributed by atoms with Crippen molar-refractivity contribution >= 4 is 23.1 Å². The van der Waals surface area contributed by atoms with Crippen LogP contribution in [-0.4, -0.2) is 63.4 Å². The van der Waals surface area contributed by atoms with Crippen LogP contribution >= 0.6 is 23.1 Å². The summed E-state index contributed by atoms with van der Waals surface area (Å²) in [7, 11) is 0. The lowest BCUT2D eigenvalue weighted by atomic mass is 10.1. The highest BCUT2D eigenvalue weighted by molar-refractivity contribution is 7.98. The molecule has 2 aromatic rings. The average molecular weight is 365 g/mol. The van der Waals surface area contributed by atoms with Crippen LogP contribution < -0.4 is 0 Å². The largest absolute Gasteiger partial charge is 0.396 e. The Morgan fingerprint density at radius 1 is 1.29 bits per heavy atom. The predicted octanol–water partition coefficient (Wildman–Crippen LogP) is 2.33. The van der Waals surface area contributed by atoms with Crippen molar-refractivity contribution in [1.82, 2.24) is 19.8 Å². The van der Waals surface area contributed by atoms with E-state index < -0.39 is 0 Å². The molecule has 130 valence electrons. The van der Waals surface area contributed by atoms with Crippen molar-refractivity contribution in [2.75, 3.05) is 32.5 Å². The molecule has 0 unspecified atom stereocenters. The van der Waals surface area contributed by atoms with Gasteiger partial charge in [0, 0.05) is 68.2 Å². The number of aromatic nitrogens is 2. The molecule has 3 rings (SSSR count). The third kappa shape index (κ3) is 4.77. The molecule has 5 nitrogen and oxygen atoms in total.